The van der Waals surface area contributed by atoms with Gasteiger partial charge in [-0.3, -0.25) is 0 Å². The summed E-state index contributed by atoms with van der Waals surface area (Å²) in [6, 6.07) is 3.96. The van der Waals surface area contributed by atoms with E-state index in [0.717, 1.165) is 15.4 Å². The molecule has 66 valence electrons. The first-order valence-electron chi connectivity index (χ1n) is 3.85. The summed E-state index contributed by atoms with van der Waals surface area (Å²) in [5.74, 6) is 0.544. The van der Waals surface area contributed by atoms with Crippen LogP contribution in [-0.2, 0) is 0 Å². The summed E-state index contributed by atoms with van der Waals surface area (Å²) in [7, 11) is 0. The lowest BCUT2D eigenvalue weighted by atomic mass is 10.2. The topological polar surface area (TPSA) is 51.8 Å². The normalized spacial score (nSPS) is 10.6. The van der Waals surface area contributed by atoms with Gasteiger partial charge in [0.05, 0.1) is 0 Å². The smallest absolute Gasteiger partial charge is 0.161 e. The third-order valence-corrected chi connectivity index (χ3v) is 2.30. The minimum atomic E-state index is 0.544. The van der Waals surface area contributed by atoms with Crippen molar-refractivity contribution in [3.63, 3.8) is 0 Å². The molecule has 2 aromatic rings. The standard InChI is InChI=1S/C9H8BrN3/c1-5-2-6-3-7(10)4-12-9(6)13-8(5)11/h2-4H,1H3,(H2,11,12,13). The number of pyridine rings is 2. The molecule has 0 spiro atoms. The van der Waals surface area contributed by atoms with Gasteiger partial charge in [-0.1, -0.05) is 0 Å². The van der Waals surface area contributed by atoms with E-state index in [-0.39, 0.29) is 0 Å². The van der Waals surface area contributed by atoms with Crippen molar-refractivity contribution < 1.29 is 0 Å². The molecule has 0 fully saturated rings. The van der Waals surface area contributed by atoms with Crippen LogP contribution in [0.3, 0.4) is 0 Å². The zero-order valence-corrected chi connectivity index (χ0v) is 8.67. The monoisotopic (exact) mass is 237 g/mol. The average molecular weight is 238 g/mol. The average Bonchev–Trinajstić information content (AvgIpc) is 2.08. The van der Waals surface area contributed by atoms with Gasteiger partial charge in [-0.2, -0.15) is 0 Å². The van der Waals surface area contributed by atoms with Gasteiger partial charge in [0.25, 0.3) is 0 Å². The van der Waals surface area contributed by atoms with Crippen LogP contribution in [0.25, 0.3) is 11.0 Å². The first-order chi connectivity index (χ1) is 6.16. The fourth-order valence-electron chi connectivity index (χ4n) is 1.16. The minimum absolute atomic E-state index is 0.544. The number of hydrogen-bond acceptors (Lipinski definition) is 3. The van der Waals surface area contributed by atoms with Crippen LogP contribution in [0.2, 0.25) is 0 Å². The fourth-order valence-corrected chi connectivity index (χ4v) is 1.51. The Morgan fingerprint density at radius 3 is 2.92 bits per heavy atom. The molecular weight excluding hydrogens is 230 g/mol. The van der Waals surface area contributed by atoms with Crippen LogP contribution in [0.1, 0.15) is 5.56 Å². The lowest BCUT2D eigenvalue weighted by molar-refractivity contribution is 1.26. The molecule has 2 rings (SSSR count). The van der Waals surface area contributed by atoms with Gasteiger partial charge in [0.2, 0.25) is 0 Å². The third-order valence-electron chi connectivity index (χ3n) is 1.86. The number of aromatic nitrogens is 2. The van der Waals surface area contributed by atoms with Crippen molar-refractivity contribution in [1.82, 2.24) is 9.97 Å². The highest BCUT2D eigenvalue weighted by Gasteiger charge is 2.01. The van der Waals surface area contributed by atoms with Crippen LogP contribution in [0.4, 0.5) is 5.82 Å². The van der Waals surface area contributed by atoms with Crippen LogP contribution < -0.4 is 5.73 Å². The van der Waals surface area contributed by atoms with E-state index >= 15 is 0 Å². The van der Waals surface area contributed by atoms with E-state index < -0.39 is 0 Å². The molecule has 2 aromatic heterocycles. The summed E-state index contributed by atoms with van der Waals surface area (Å²) in [6.07, 6.45) is 1.71. The molecule has 0 saturated carbocycles. The van der Waals surface area contributed by atoms with Crippen LogP contribution >= 0.6 is 15.9 Å². The molecule has 0 saturated heterocycles. The zero-order chi connectivity index (χ0) is 9.42. The maximum absolute atomic E-state index is 5.66. The SMILES string of the molecule is Cc1cc2cc(Br)cnc2nc1N. The van der Waals surface area contributed by atoms with Gasteiger partial charge < -0.3 is 5.73 Å². The number of hydrogen-bond donors (Lipinski definition) is 1. The summed E-state index contributed by atoms with van der Waals surface area (Å²) in [5, 5.41) is 1.00. The van der Waals surface area contributed by atoms with E-state index in [9.17, 15) is 0 Å². The van der Waals surface area contributed by atoms with Crippen molar-refractivity contribution >= 4 is 32.8 Å². The van der Waals surface area contributed by atoms with E-state index in [0.29, 0.717) is 11.5 Å². The van der Waals surface area contributed by atoms with Gasteiger partial charge in [0, 0.05) is 16.1 Å². The Morgan fingerprint density at radius 1 is 1.38 bits per heavy atom. The number of fused-ring (bicyclic) bond motifs is 1. The summed E-state index contributed by atoms with van der Waals surface area (Å²) in [6.45, 7) is 1.93. The van der Waals surface area contributed by atoms with Gasteiger partial charge in [0.15, 0.2) is 5.65 Å². The Labute approximate surface area is 84.1 Å². The predicted octanol–water partition coefficient (Wildman–Crippen LogP) is 2.28. The number of halogens is 1. The largest absolute Gasteiger partial charge is 0.383 e. The van der Waals surface area contributed by atoms with Crippen LogP contribution in [0.5, 0.6) is 0 Å². The molecule has 0 aliphatic rings. The van der Waals surface area contributed by atoms with Crippen molar-refractivity contribution in [2.75, 3.05) is 5.73 Å². The number of aryl methyl sites for hydroxylation is 1. The molecule has 0 atom stereocenters. The van der Waals surface area contributed by atoms with Crippen LogP contribution in [-0.4, -0.2) is 9.97 Å². The Morgan fingerprint density at radius 2 is 2.15 bits per heavy atom. The molecule has 0 radical (unpaired) electrons. The highest BCUT2D eigenvalue weighted by molar-refractivity contribution is 9.10. The molecule has 0 aliphatic carbocycles. The van der Waals surface area contributed by atoms with Gasteiger partial charge in [-0.05, 0) is 40.5 Å². The number of anilines is 1. The van der Waals surface area contributed by atoms with E-state index in [1.54, 1.807) is 6.20 Å². The van der Waals surface area contributed by atoms with Crippen LogP contribution in [0.15, 0.2) is 22.8 Å². The summed E-state index contributed by atoms with van der Waals surface area (Å²) >= 11 is 3.35. The maximum Gasteiger partial charge on any atom is 0.161 e. The molecule has 0 aliphatic heterocycles. The van der Waals surface area contributed by atoms with Crippen molar-refractivity contribution in [1.29, 1.82) is 0 Å². The van der Waals surface area contributed by atoms with E-state index in [4.69, 9.17) is 5.73 Å². The third kappa shape index (κ3) is 1.49. The molecule has 0 unspecified atom stereocenters. The predicted molar refractivity (Wildman–Crippen MR) is 56.4 cm³/mol. The fraction of sp³-hybridized carbons (Fsp3) is 0.111. The summed E-state index contributed by atoms with van der Waals surface area (Å²) < 4.78 is 0.950. The molecule has 0 amide bonds. The Kier molecular flexibility index (Phi) is 1.92. The van der Waals surface area contributed by atoms with Crippen molar-refractivity contribution in [3.8, 4) is 0 Å². The van der Waals surface area contributed by atoms with Crippen molar-refractivity contribution in [3.05, 3.63) is 28.4 Å². The lowest BCUT2D eigenvalue weighted by Gasteiger charge is -2.01. The zero-order valence-electron chi connectivity index (χ0n) is 7.08. The lowest BCUT2D eigenvalue weighted by Crippen LogP contribution is -1.95. The molecule has 2 N–H and O–H groups in total. The Hall–Kier alpha value is -1.16. The second-order valence-corrected chi connectivity index (χ2v) is 3.81. The van der Waals surface area contributed by atoms with Crippen molar-refractivity contribution in [2.24, 2.45) is 0 Å². The maximum atomic E-state index is 5.66. The Bertz CT molecular complexity index is 468. The second-order valence-electron chi connectivity index (χ2n) is 2.89. The number of nitrogen functional groups attached to an aromatic ring is 1. The highest BCUT2D eigenvalue weighted by Crippen LogP contribution is 2.19. The van der Waals surface area contributed by atoms with E-state index in [2.05, 4.69) is 25.9 Å². The molecule has 13 heavy (non-hydrogen) atoms. The Balaban J connectivity index is 2.81. The molecule has 4 heteroatoms. The van der Waals surface area contributed by atoms with Crippen LogP contribution in [0, 0.1) is 6.92 Å². The molecule has 0 aromatic carbocycles. The molecule has 2 heterocycles. The van der Waals surface area contributed by atoms with E-state index in [1.165, 1.54) is 0 Å². The van der Waals surface area contributed by atoms with Gasteiger partial charge >= 0.3 is 0 Å². The number of rotatable bonds is 0. The minimum Gasteiger partial charge on any atom is -0.383 e. The molecular formula is C9H8BrN3. The quantitative estimate of drug-likeness (QED) is 0.765. The van der Waals surface area contributed by atoms with E-state index in [1.807, 2.05) is 19.1 Å². The first kappa shape index (κ1) is 8.44. The number of nitrogens with two attached hydrogens (primary N) is 1. The molecule has 3 nitrogen and oxygen atoms in total. The first-order valence-corrected chi connectivity index (χ1v) is 4.64. The van der Waals surface area contributed by atoms with Gasteiger partial charge in [-0.25, -0.2) is 9.97 Å². The highest BCUT2D eigenvalue weighted by atomic mass is 79.9. The van der Waals surface area contributed by atoms with Gasteiger partial charge in [0.1, 0.15) is 5.82 Å². The second kappa shape index (κ2) is 2.96. The number of nitrogens with zero attached hydrogens (tertiary/aromatic N) is 2. The van der Waals surface area contributed by atoms with Crippen molar-refractivity contribution in [2.45, 2.75) is 6.92 Å². The summed E-state index contributed by atoms with van der Waals surface area (Å²) in [4.78, 5) is 8.31. The molecule has 0 bridgehead atoms. The van der Waals surface area contributed by atoms with Gasteiger partial charge in [-0.15, -0.1) is 0 Å². The summed E-state index contributed by atoms with van der Waals surface area (Å²) in [5.41, 5.74) is 7.33.